The molecule has 1 atom stereocenters. The zero-order valence-electron chi connectivity index (χ0n) is 11.1. The molecule has 0 amide bonds. The van der Waals surface area contributed by atoms with Crippen LogP contribution in [0.4, 0.5) is 0 Å². The molecule has 0 radical (unpaired) electrons. The molecule has 0 fully saturated rings. The van der Waals surface area contributed by atoms with E-state index in [0.717, 1.165) is 25.7 Å². The van der Waals surface area contributed by atoms with Gasteiger partial charge < -0.3 is 0 Å². The predicted molar refractivity (Wildman–Crippen MR) is 79.5 cm³/mol. The number of aryl methyl sites for hydroxylation is 2. The number of benzene rings is 1. The molecule has 0 aliphatic heterocycles. The van der Waals surface area contributed by atoms with E-state index in [1.807, 2.05) is 11.3 Å². The third-order valence-electron chi connectivity index (χ3n) is 4.11. The van der Waals surface area contributed by atoms with Crippen molar-refractivity contribution in [3.63, 3.8) is 0 Å². The second-order valence-electron chi connectivity index (χ2n) is 5.25. The third kappa shape index (κ3) is 2.09. The number of hydrogen-bond acceptors (Lipinski definition) is 2. The smallest absolute Gasteiger partial charge is 0.0876 e. The minimum absolute atomic E-state index is 0.299. The number of rotatable bonds is 3. The molecular formula is C17H17NS. The van der Waals surface area contributed by atoms with E-state index in [2.05, 4.69) is 49.4 Å². The van der Waals surface area contributed by atoms with Crippen molar-refractivity contribution in [1.82, 2.24) is 0 Å². The molecule has 3 rings (SSSR count). The van der Waals surface area contributed by atoms with Crippen molar-refractivity contribution in [2.75, 3.05) is 0 Å². The second kappa shape index (κ2) is 4.83. The first-order valence-electron chi connectivity index (χ1n) is 6.84. The van der Waals surface area contributed by atoms with Gasteiger partial charge in [-0.3, -0.25) is 0 Å². The predicted octanol–water partition coefficient (Wildman–Crippen LogP) is 4.26. The van der Waals surface area contributed by atoms with Crippen LogP contribution in [0, 0.1) is 11.3 Å². The third-order valence-corrected chi connectivity index (χ3v) is 5.34. The average Bonchev–Trinajstić information content (AvgIpc) is 3.05. The first kappa shape index (κ1) is 12.4. The quantitative estimate of drug-likeness (QED) is 0.815. The Balaban J connectivity index is 1.96. The number of thiophene rings is 1. The molecule has 0 bridgehead atoms. The van der Waals surface area contributed by atoms with Crippen LogP contribution in [0.1, 0.15) is 34.2 Å². The zero-order chi connectivity index (χ0) is 13.3. The Bertz CT molecular complexity index is 635. The molecule has 0 saturated carbocycles. The molecule has 1 aromatic carbocycles. The molecule has 0 spiro atoms. The molecule has 1 heterocycles. The number of nitrogens with zero attached hydrogens (tertiary/aromatic N) is 1. The lowest BCUT2D eigenvalue weighted by molar-refractivity contribution is 0.545. The van der Waals surface area contributed by atoms with Crippen LogP contribution in [0.2, 0.25) is 0 Å². The fraction of sp³-hybridized carbons (Fsp3) is 0.353. The van der Waals surface area contributed by atoms with Gasteiger partial charge in [-0.25, -0.2) is 0 Å². The average molecular weight is 267 g/mol. The Kier molecular flexibility index (Phi) is 3.16. The molecular weight excluding hydrogens is 250 g/mol. The summed E-state index contributed by atoms with van der Waals surface area (Å²) in [5.74, 6) is 0. The first-order valence-corrected chi connectivity index (χ1v) is 7.66. The van der Waals surface area contributed by atoms with Gasteiger partial charge in [-0.05, 0) is 42.5 Å². The Labute approximate surface area is 118 Å². The molecule has 1 nitrogen and oxygen atoms in total. The standard InChI is InChI=1S/C17H17NS/c1-2-14-7-8-15(19-14)11-17(12-18)10-9-13-5-3-4-6-16(13)17/h3-8H,2,9-11H2,1H3. The summed E-state index contributed by atoms with van der Waals surface area (Å²) in [6, 6.07) is 15.5. The summed E-state index contributed by atoms with van der Waals surface area (Å²) in [5.41, 5.74) is 2.31. The summed E-state index contributed by atoms with van der Waals surface area (Å²) >= 11 is 1.86. The lowest BCUT2D eigenvalue weighted by atomic mass is 9.80. The van der Waals surface area contributed by atoms with E-state index < -0.39 is 0 Å². The largest absolute Gasteiger partial charge is 0.197 e. The first-order chi connectivity index (χ1) is 9.27. The maximum atomic E-state index is 9.74. The van der Waals surface area contributed by atoms with Gasteiger partial charge in [0.05, 0.1) is 11.5 Å². The van der Waals surface area contributed by atoms with Crippen LogP contribution in [0.25, 0.3) is 0 Å². The highest BCUT2D eigenvalue weighted by Gasteiger charge is 2.39. The molecule has 1 unspecified atom stereocenters. The lowest BCUT2D eigenvalue weighted by Gasteiger charge is -2.21. The van der Waals surface area contributed by atoms with E-state index >= 15 is 0 Å². The zero-order valence-corrected chi connectivity index (χ0v) is 12.0. The van der Waals surface area contributed by atoms with E-state index in [0.29, 0.717) is 0 Å². The van der Waals surface area contributed by atoms with Crippen LogP contribution in [0.5, 0.6) is 0 Å². The van der Waals surface area contributed by atoms with E-state index in [-0.39, 0.29) is 5.41 Å². The van der Waals surface area contributed by atoms with Crippen molar-refractivity contribution >= 4 is 11.3 Å². The summed E-state index contributed by atoms with van der Waals surface area (Å²) in [7, 11) is 0. The van der Waals surface area contributed by atoms with Crippen molar-refractivity contribution in [2.45, 2.75) is 38.0 Å². The van der Waals surface area contributed by atoms with Gasteiger partial charge in [-0.15, -0.1) is 11.3 Å². The highest BCUT2D eigenvalue weighted by molar-refractivity contribution is 7.12. The number of nitriles is 1. The lowest BCUT2D eigenvalue weighted by Crippen LogP contribution is -2.23. The molecule has 1 aliphatic rings. The summed E-state index contributed by atoms with van der Waals surface area (Å²) in [4.78, 5) is 2.75. The molecule has 2 aromatic rings. The Morgan fingerprint density at radius 3 is 2.74 bits per heavy atom. The van der Waals surface area contributed by atoms with Crippen molar-refractivity contribution < 1.29 is 0 Å². The van der Waals surface area contributed by atoms with Crippen molar-refractivity contribution in [1.29, 1.82) is 5.26 Å². The maximum absolute atomic E-state index is 9.74. The van der Waals surface area contributed by atoms with Crippen LogP contribution >= 0.6 is 11.3 Å². The normalized spacial score (nSPS) is 21.1. The molecule has 0 N–H and O–H groups in total. The van der Waals surface area contributed by atoms with E-state index in [1.165, 1.54) is 20.9 Å². The van der Waals surface area contributed by atoms with Gasteiger partial charge in [0.15, 0.2) is 0 Å². The van der Waals surface area contributed by atoms with Gasteiger partial charge >= 0.3 is 0 Å². The van der Waals surface area contributed by atoms with Crippen LogP contribution in [0.3, 0.4) is 0 Å². The molecule has 1 aliphatic carbocycles. The van der Waals surface area contributed by atoms with E-state index in [4.69, 9.17) is 0 Å². The maximum Gasteiger partial charge on any atom is 0.0876 e. The fourth-order valence-electron chi connectivity index (χ4n) is 3.03. The monoisotopic (exact) mass is 267 g/mol. The highest BCUT2D eigenvalue weighted by Crippen LogP contribution is 2.41. The van der Waals surface area contributed by atoms with Gasteiger partial charge in [-0.1, -0.05) is 31.2 Å². The van der Waals surface area contributed by atoms with Crippen molar-refractivity contribution in [3.8, 4) is 6.07 Å². The summed E-state index contributed by atoms with van der Waals surface area (Å²) in [6.45, 7) is 2.18. The van der Waals surface area contributed by atoms with Gasteiger partial charge in [0.2, 0.25) is 0 Å². The molecule has 2 heteroatoms. The summed E-state index contributed by atoms with van der Waals surface area (Å²) in [5, 5.41) is 9.74. The summed E-state index contributed by atoms with van der Waals surface area (Å²) < 4.78 is 0. The van der Waals surface area contributed by atoms with Crippen LogP contribution in [-0.4, -0.2) is 0 Å². The highest BCUT2D eigenvalue weighted by atomic mass is 32.1. The van der Waals surface area contributed by atoms with Crippen LogP contribution in [-0.2, 0) is 24.7 Å². The topological polar surface area (TPSA) is 23.8 Å². The molecule has 96 valence electrons. The fourth-order valence-corrected chi connectivity index (χ4v) is 4.10. The minimum Gasteiger partial charge on any atom is -0.197 e. The minimum atomic E-state index is -0.299. The Morgan fingerprint density at radius 1 is 1.21 bits per heavy atom. The molecule has 1 aromatic heterocycles. The Hall–Kier alpha value is -1.59. The van der Waals surface area contributed by atoms with Crippen LogP contribution < -0.4 is 0 Å². The number of hydrogen-bond donors (Lipinski definition) is 0. The second-order valence-corrected chi connectivity index (χ2v) is 6.50. The number of fused-ring (bicyclic) bond motifs is 1. The summed E-state index contributed by atoms with van der Waals surface area (Å²) in [6.07, 6.45) is 3.95. The molecule has 19 heavy (non-hydrogen) atoms. The Morgan fingerprint density at radius 2 is 2.00 bits per heavy atom. The van der Waals surface area contributed by atoms with Crippen molar-refractivity contribution in [3.05, 3.63) is 57.3 Å². The van der Waals surface area contributed by atoms with Crippen LogP contribution in [0.15, 0.2) is 36.4 Å². The van der Waals surface area contributed by atoms with Gasteiger partial charge in [0.25, 0.3) is 0 Å². The van der Waals surface area contributed by atoms with Gasteiger partial charge in [0, 0.05) is 16.2 Å². The van der Waals surface area contributed by atoms with Gasteiger partial charge in [-0.2, -0.15) is 5.26 Å². The van der Waals surface area contributed by atoms with Crippen molar-refractivity contribution in [2.24, 2.45) is 0 Å². The molecule has 0 saturated heterocycles. The van der Waals surface area contributed by atoms with E-state index in [9.17, 15) is 5.26 Å². The van der Waals surface area contributed by atoms with E-state index in [1.54, 1.807) is 0 Å². The van der Waals surface area contributed by atoms with Gasteiger partial charge in [0.1, 0.15) is 0 Å². The SMILES string of the molecule is CCc1ccc(CC2(C#N)CCc3ccccc32)s1.